The van der Waals surface area contributed by atoms with E-state index in [4.69, 9.17) is 37.0 Å². The summed E-state index contributed by atoms with van der Waals surface area (Å²) in [6, 6.07) is 0. The second-order valence-corrected chi connectivity index (χ2v) is 32.2. The van der Waals surface area contributed by atoms with E-state index in [2.05, 4.69) is 55.4 Å². The summed E-state index contributed by atoms with van der Waals surface area (Å²) in [5, 5.41) is 10.6. The Morgan fingerprint density at radius 3 is 0.653 bits per heavy atom. The smallest absolute Gasteiger partial charge is 0.462 e. The molecule has 5 atom stereocenters. The van der Waals surface area contributed by atoms with Gasteiger partial charge in [0.05, 0.1) is 26.4 Å². The highest BCUT2D eigenvalue weighted by molar-refractivity contribution is 7.47. The summed E-state index contributed by atoms with van der Waals surface area (Å²) in [5.74, 6) is 0.856. The Morgan fingerprint density at radius 2 is 0.442 bits per heavy atom. The number of phosphoric acid groups is 2. The lowest BCUT2D eigenvalue weighted by Crippen LogP contribution is -2.30. The van der Waals surface area contributed by atoms with E-state index in [0.717, 1.165) is 108 Å². The third kappa shape index (κ3) is 70.3. The molecular weight excluding hydrogens is 1250 g/mol. The van der Waals surface area contributed by atoms with Gasteiger partial charge in [0.15, 0.2) is 12.2 Å². The van der Waals surface area contributed by atoms with E-state index in [1.807, 2.05) is 0 Å². The van der Waals surface area contributed by atoms with E-state index < -0.39 is 97.5 Å². The van der Waals surface area contributed by atoms with Crippen LogP contribution in [0.25, 0.3) is 0 Å². The van der Waals surface area contributed by atoms with Crippen LogP contribution in [0, 0.1) is 23.7 Å². The molecule has 3 N–H and O–H groups in total. The van der Waals surface area contributed by atoms with E-state index >= 15 is 0 Å². The fraction of sp³-hybridized carbons (Fsp3) is 0.947. The highest BCUT2D eigenvalue weighted by atomic mass is 31.2. The molecule has 0 spiro atoms. The predicted octanol–water partition coefficient (Wildman–Crippen LogP) is 22.0. The van der Waals surface area contributed by atoms with Crippen molar-refractivity contribution >= 4 is 39.5 Å². The number of carbonyl (C=O) groups is 4. The minimum absolute atomic E-state index is 0.102. The molecule has 0 aromatic carbocycles. The first-order valence-electron chi connectivity index (χ1n) is 39.2. The number of rotatable bonds is 73. The topological polar surface area (TPSA) is 237 Å². The first-order valence-corrected chi connectivity index (χ1v) is 42.2. The van der Waals surface area contributed by atoms with Gasteiger partial charge >= 0.3 is 39.5 Å². The number of hydrogen-bond acceptors (Lipinski definition) is 15. The molecule has 0 radical (unpaired) electrons. The van der Waals surface area contributed by atoms with Gasteiger partial charge in [-0.05, 0) is 49.4 Å². The van der Waals surface area contributed by atoms with Crippen molar-refractivity contribution in [2.75, 3.05) is 39.6 Å². The highest BCUT2D eigenvalue weighted by Gasteiger charge is 2.30. The predicted molar refractivity (Wildman–Crippen MR) is 386 cm³/mol. The molecule has 0 saturated carbocycles. The van der Waals surface area contributed by atoms with Crippen molar-refractivity contribution in [3.8, 4) is 0 Å². The molecule has 95 heavy (non-hydrogen) atoms. The summed E-state index contributed by atoms with van der Waals surface area (Å²) in [4.78, 5) is 72.7. The largest absolute Gasteiger partial charge is 0.472 e. The summed E-state index contributed by atoms with van der Waals surface area (Å²) < 4.78 is 68.4. The Hall–Kier alpha value is -1.94. The van der Waals surface area contributed by atoms with Crippen molar-refractivity contribution < 1.29 is 80.2 Å². The Labute approximate surface area is 581 Å². The molecule has 0 bridgehead atoms. The lowest BCUT2D eigenvalue weighted by Gasteiger charge is -2.21. The molecule has 0 amide bonds. The van der Waals surface area contributed by atoms with Crippen LogP contribution in [0.15, 0.2) is 0 Å². The first-order chi connectivity index (χ1) is 45.6. The zero-order valence-corrected chi connectivity index (χ0v) is 64.1. The maximum absolute atomic E-state index is 13.1. The fourth-order valence-corrected chi connectivity index (χ4v) is 13.1. The molecule has 0 saturated heterocycles. The van der Waals surface area contributed by atoms with Crippen molar-refractivity contribution in [3.63, 3.8) is 0 Å². The maximum atomic E-state index is 13.1. The molecule has 0 aromatic rings. The summed E-state index contributed by atoms with van der Waals surface area (Å²) in [5.41, 5.74) is 0. The van der Waals surface area contributed by atoms with E-state index in [0.29, 0.717) is 37.5 Å². The van der Waals surface area contributed by atoms with E-state index in [1.54, 1.807) is 0 Å². The SMILES string of the molecule is CC(C)CCCCCCCCCCCCCCCCCCC(=O)O[C@H](COC(=O)CCCCCCCCCC(C)C)COP(=O)(O)OCC(O)COP(=O)(O)OC[C@@H](COC(=O)CCCCCCCCCCCCCCCCC(C)C)OC(=O)CCCCCCCCC(C)C. The van der Waals surface area contributed by atoms with Crippen LogP contribution in [0.2, 0.25) is 0 Å². The molecule has 0 rings (SSSR count). The van der Waals surface area contributed by atoms with Crippen LogP contribution in [0.4, 0.5) is 0 Å². The molecule has 17 nitrogen and oxygen atoms in total. The molecule has 0 aliphatic carbocycles. The van der Waals surface area contributed by atoms with Crippen LogP contribution in [0.1, 0.15) is 383 Å². The third-order valence-corrected chi connectivity index (χ3v) is 19.5. The number of hydrogen-bond donors (Lipinski definition) is 3. The molecule has 564 valence electrons. The van der Waals surface area contributed by atoms with Crippen LogP contribution < -0.4 is 0 Å². The molecule has 0 aliphatic heterocycles. The average molecular weight is 1400 g/mol. The van der Waals surface area contributed by atoms with Crippen molar-refractivity contribution in [2.24, 2.45) is 23.7 Å². The summed E-state index contributed by atoms with van der Waals surface area (Å²) in [6.07, 6.45) is 50.3. The van der Waals surface area contributed by atoms with Gasteiger partial charge < -0.3 is 33.8 Å². The minimum atomic E-state index is -4.96. The van der Waals surface area contributed by atoms with Crippen LogP contribution in [0.3, 0.4) is 0 Å². The van der Waals surface area contributed by atoms with Gasteiger partial charge in [0, 0.05) is 25.7 Å². The molecule has 19 heteroatoms. The van der Waals surface area contributed by atoms with Crippen molar-refractivity contribution in [3.05, 3.63) is 0 Å². The summed E-state index contributed by atoms with van der Waals surface area (Å²) in [7, 11) is -9.91. The number of carbonyl (C=O) groups excluding carboxylic acids is 4. The highest BCUT2D eigenvalue weighted by Crippen LogP contribution is 2.45. The van der Waals surface area contributed by atoms with Crippen LogP contribution >= 0.6 is 15.6 Å². The zero-order valence-electron chi connectivity index (χ0n) is 62.3. The van der Waals surface area contributed by atoms with Gasteiger partial charge in [-0.15, -0.1) is 0 Å². The van der Waals surface area contributed by atoms with E-state index in [1.165, 1.54) is 180 Å². The third-order valence-electron chi connectivity index (χ3n) is 17.6. The molecule has 0 aliphatic rings. The normalized spacial score (nSPS) is 14.1. The molecule has 0 heterocycles. The number of aliphatic hydroxyl groups is 1. The van der Waals surface area contributed by atoms with Crippen LogP contribution in [0.5, 0.6) is 0 Å². The lowest BCUT2D eigenvalue weighted by atomic mass is 10.0. The minimum Gasteiger partial charge on any atom is -0.462 e. The van der Waals surface area contributed by atoms with Gasteiger partial charge in [0.1, 0.15) is 19.3 Å². The maximum Gasteiger partial charge on any atom is 0.472 e. The van der Waals surface area contributed by atoms with Crippen molar-refractivity contribution in [1.29, 1.82) is 0 Å². The van der Waals surface area contributed by atoms with Gasteiger partial charge in [-0.3, -0.25) is 37.3 Å². The van der Waals surface area contributed by atoms with E-state index in [-0.39, 0.29) is 25.7 Å². The quantitative estimate of drug-likeness (QED) is 0.0222. The molecular formula is C76H148O17P2. The average Bonchev–Trinajstić information content (AvgIpc) is 2.96. The second-order valence-electron chi connectivity index (χ2n) is 29.3. The number of esters is 4. The monoisotopic (exact) mass is 1400 g/mol. The second kappa shape index (κ2) is 65.4. The molecule has 0 aromatic heterocycles. The molecule has 3 unspecified atom stereocenters. The van der Waals surface area contributed by atoms with Gasteiger partial charge in [0.25, 0.3) is 0 Å². The van der Waals surface area contributed by atoms with Crippen LogP contribution in [-0.2, 0) is 65.4 Å². The van der Waals surface area contributed by atoms with Crippen LogP contribution in [-0.4, -0.2) is 96.7 Å². The fourth-order valence-electron chi connectivity index (χ4n) is 11.6. The van der Waals surface area contributed by atoms with Gasteiger partial charge in [-0.1, -0.05) is 331 Å². The Morgan fingerprint density at radius 1 is 0.263 bits per heavy atom. The number of phosphoric ester groups is 2. The Balaban J connectivity index is 5.16. The van der Waals surface area contributed by atoms with Gasteiger partial charge in [0.2, 0.25) is 0 Å². The Bertz CT molecular complexity index is 1870. The Kier molecular flexibility index (Phi) is 64.0. The molecule has 0 fully saturated rings. The number of aliphatic hydroxyl groups excluding tert-OH is 1. The van der Waals surface area contributed by atoms with Gasteiger partial charge in [-0.2, -0.15) is 0 Å². The summed E-state index contributed by atoms with van der Waals surface area (Å²) in [6.45, 7) is 14.1. The summed E-state index contributed by atoms with van der Waals surface area (Å²) >= 11 is 0. The number of unbranched alkanes of at least 4 members (excludes halogenated alkanes) is 39. The van der Waals surface area contributed by atoms with Crippen molar-refractivity contribution in [1.82, 2.24) is 0 Å². The van der Waals surface area contributed by atoms with E-state index in [9.17, 15) is 43.2 Å². The zero-order chi connectivity index (χ0) is 70.3. The van der Waals surface area contributed by atoms with Gasteiger partial charge in [-0.25, -0.2) is 9.13 Å². The lowest BCUT2D eigenvalue weighted by molar-refractivity contribution is -0.161. The van der Waals surface area contributed by atoms with Crippen molar-refractivity contribution in [2.45, 2.75) is 401 Å². The number of ether oxygens (including phenoxy) is 4. The first kappa shape index (κ1) is 93.1. The standard InChI is InChI=1S/C76H148O17P2/c1-66(2)52-44-36-28-23-19-15-11-9-10-12-18-22-26-32-42-50-58-75(80)92-71(62-87-74(79)57-49-41-33-27-30-38-46-54-68(5)6)64-90-94(82,83)88-60-70(77)61-89-95(84,85)91-65-72(93-76(81)59-51-43-35-34-39-47-55-69(7)8)63-86-73(78)56-48-40-31-25-21-17-14-13-16-20-24-29-37-45-53-67(3)4/h66-72,77H,9-65H2,1-8H3,(H,82,83)(H,84,85)/t70?,71-,72-/m1/s1.